The van der Waals surface area contributed by atoms with Crippen LogP contribution in [0.1, 0.15) is 13.3 Å². The van der Waals surface area contributed by atoms with Gasteiger partial charge in [0.1, 0.15) is 0 Å². The lowest BCUT2D eigenvalue weighted by Crippen LogP contribution is -2.42. The van der Waals surface area contributed by atoms with Crippen LogP contribution >= 0.6 is 0 Å². The third-order valence-corrected chi connectivity index (χ3v) is 4.74. The van der Waals surface area contributed by atoms with E-state index < -0.39 is 24.6 Å². The molecular weight excluding hydrogens is 330 g/mol. The minimum Gasteiger partial charge on any atom is -0.466 e. The summed E-state index contributed by atoms with van der Waals surface area (Å²) in [6, 6.07) is 0. The number of hydrogen-bond donors (Lipinski definition) is 0. The molecular formula is C17H23NO7. The van der Waals surface area contributed by atoms with Gasteiger partial charge in [0.2, 0.25) is 0 Å². The molecule has 1 aliphatic carbocycles. The zero-order chi connectivity index (χ0) is 18.0. The number of amides is 1. The third kappa shape index (κ3) is 3.64. The van der Waals surface area contributed by atoms with Crippen LogP contribution in [0.2, 0.25) is 0 Å². The second kappa shape index (κ2) is 7.45. The van der Waals surface area contributed by atoms with Crippen molar-refractivity contribution >= 4 is 12.1 Å². The van der Waals surface area contributed by atoms with E-state index >= 15 is 0 Å². The van der Waals surface area contributed by atoms with Crippen molar-refractivity contribution in [1.29, 1.82) is 0 Å². The van der Waals surface area contributed by atoms with E-state index in [1.165, 1.54) is 18.3 Å². The van der Waals surface area contributed by atoms with Crippen LogP contribution in [0.15, 0.2) is 23.5 Å². The molecule has 138 valence electrons. The quantitative estimate of drug-likeness (QED) is 0.558. The molecule has 1 saturated heterocycles. The van der Waals surface area contributed by atoms with E-state index in [9.17, 15) is 9.59 Å². The lowest BCUT2D eigenvalue weighted by molar-refractivity contribution is -0.143. The highest BCUT2D eigenvalue weighted by molar-refractivity contribution is 5.89. The van der Waals surface area contributed by atoms with Crippen LogP contribution in [0.25, 0.3) is 0 Å². The van der Waals surface area contributed by atoms with Gasteiger partial charge in [-0.15, -0.1) is 0 Å². The first-order valence-corrected chi connectivity index (χ1v) is 8.26. The summed E-state index contributed by atoms with van der Waals surface area (Å²) in [7, 11) is 2.95. The molecule has 1 fully saturated rings. The zero-order valence-corrected chi connectivity index (χ0v) is 14.6. The largest absolute Gasteiger partial charge is 0.466 e. The van der Waals surface area contributed by atoms with Crippen molar-refractivity contribution in [2.75, 3.05) is 33.9 Å². The lowest BCUT2D eigenvalue weighted by Gasteiger charge is -2.34. The summed E-state index contributed by atoms with van der Waals surface area (Å²) in [6.07, 6.45) is 2.33. The molecule has 0 radical (unpaired) electrons. The Bertz CT molecular complexity index is 594. The van der Waals surface area contributed by atoms with Crippen molar-refractivity contribution in [3.63, 3.8) is 0 Å². The molecule has 2 aliphatic heterocycles. The molecule has 0 spiro atoms. The van der Waals surface area contributed by atoms with Crippen LogP contribution in [-0.2, 0) is 28.5 Å². The van der Waals surface area contributed by atoms with Gasteiger partial charge in [-0.1, -0.05) is 11.6 Å². The Hall–Kier alpha value is -2.06. The van der Waals surface area contributed by atoms with E-state index in [1.807, 2.05) is 13.0 Å². The number of likely N-dealkylation sites (N-methyl/N-ethyl adjacent to an activating group) is 1. The molecule has 8 heteroatoms. The predicted octanol–water partition coefficient (Wildman–Crippen LogP) is 1.42. The second-order valence-electron chi connectivity index (χ2n) is 6.32. The van der Waals surface area contributed by atoms with Crippen LogP contribution < -0.4 is 0 Å². The SMILES string of the molecule is COC(=O)C1=COC(OC(=O)N(C)CC2OCCO2)C2C(C)=CCC12. The van der Waals surface area contributed by atoms with Crippen molar-refractivity contribution < 1.29 is 33.3 Å². The highest BCUT2D eigenvalue weighted by Crippen LogP contribution is 2.43. The molecule has 0 N–H and O–H groups in total. The van der Waals surface area contributed by atoms with Gasteiger partial charge in [0.05, 0.1) is 44.6 Å². The number of carbonyl (C=O) groups excluding carboxylic acids is 2. The number of carbonyl (C=O) groups is 2. The topological polar surface area (TPSA) is 83.5 Å². The first-order chi connectivity index (χ1) is 12.0. The average Bonchev–Trinajstić information content (AvgIpc) is 3.24. The van der Waals surface area contributed by atoms with Crippen molar-refractivity contribution in [3.05, 3.63) is 23.5 Å². The van der Waals surface area contributed by atoms with E-state index in [2.05, 4.69) is 0 Å². The summed E-state index contributed by atoms with van der Waals surface area (Å²) in [4.78, 5) is 25.6. The van der Waals surface area contributed by atoms with Gasteiger partial charge in [-0.2, -0.15) is 0 Å². The van der Waals surface area contributed by atoms with Gasteiger partial charge in [-0.3, -0.25) is 0 Å². The molecule has 8 nitrogen and oxygen atoms in total. The number of esters is 1. The van der Waals surface area contributed by atoms with Crippen molar-refractivity contribution in [2.45, 2.75) is 25.9 Å². The first-order valence-electron chi connectivity index (χ1n) is 8.26. The molecule has 1 amide bonds. The summed E-state index contributed by atoms with van der Waals surface area (Å²) in [5.41, 5.74) is 1.50. The fourth-order valence-corrected chi connectivity index (χ4v) is 3.37. The van der Waals surface area contributed by atoms with Gasteiger partial charge in [0.15, 0.2) is 6.29 Å². The fourth-order valence-electron chi connectivity index (χ4n) is 3.37. The summed E-state index contributed by atoms with van der Waals surface area (Å²) in [5, 5.41) is 0. The van der Waals surface area contributed by atoms with Crippen molar-refractivity contribution in [1.82, 2.24) is 4.90 Å². The molecule has 3 unspecified atom stereocenters. The van der Waals surface area contributed by atoms with Gasteiger partial charge in [-0.05, 0) is 13.3 Å². The smallest absolute Gasteiger partial charge is 0.412 e. The standard InChI is InChI=1S/C17H23NO7/c1-10-4-5-11-12(15(19)21-3)9-24-16(14(10)11)25-17(20)18(2)8-13-22-6-7-23-13/h4,9,11,13-14,16H,5-8H2,1-3H3. The van der Waals surface area contributed by atoms with Crippen molar-refractivity contribution in [3.8, 4) is 0 Å². The van der Waals surface area contributed by atoms with E-state index in [1.54, 1.807) is 7.05 Å². The number of fused-ring (bicyclic) bond motifs is 1. The van der Waals surface area contributed by atoms with Gasteiger partial charge in [0, 0.05) is 13.0 Å². The van der Waals surface area contributed by atoms with Gasteiger partial charge in [0.25, 0.3) is 6.29 Å². The monoisotopic (exact) mass is 353 g/mol. The molecule has 0 saturated carbocycles. The number of ether oxygens (including phenoxy) is 5. The molecule has 3 aliphatic rings. The van der Waals surface area contributed by atoms with Gasteiger partial charge >= 0.3 is 12.1 Å². The van der Waals surface area contributed by atoms with Crippen LogP contribution in [0.3, 0.4) is 0 Å². The summed E-state index contributed by atoms with van der Waals surface area (Å²) >= 11 is 0. The Kier molecular flexibility index (Phi) is 5.29. The summed E-state index contributed by atoms with van der Waals surface area (Å²) < 4.78 is 26.5. The molecule has 0 bridgehead atoms. The van der Waals surface area contributed by atoms with Crippen LogP contribution in [0, 0.1) is 11.8 Å². The number of nitrogens with zero attached hydrogens (tertiary/aromatic N) is 1. The molecule has 3 rings (SSSR count). The molecule has 0 aromatic heterocycles. The Morgan fingerprint density at radius 2 is 2.04 bits per heavy atom. The maximum atomic E-state index is 12.3. The minimum absolute atomic E-state index is 0.106. The summed E-state index contributed by atoms with van der Waals surface area (Å²) in [5.74, 6) is -0.725. The predicted molar refractivity (Wildman–Crippen MR) is 85.1 cm³/mol. The van der Waals surface area contributed by atoms with Crippen LogP contribution in [-0.4, -0.2) is 63.5 Å². The Labute approximate surface area is 146 Å². The number of hydrogen-bond acceptors (Lipinski definition) is 7. The number of rotatable bonds is 4. The Balaban J connectivity index is 1.65. The van der Waals surface area contributed by atoms with Gasteiger partial charge in [-0.25, -0.2) is 9.59 Å². The summed E-state index contributed by atoms with van der Waals surface area (Å²) in [6.45, 7) is 3.26. The fraction of sp³-hybridized carbons (Fsp3) is 0.647. The second-order valence-corrected chi connectivity index (χ2v) is 6.32. The Morgan fingerprint density at radius 1 is 1.32 bits per heavy atom. The van der Waals surface area contributed by atoms with Crippen molar-refractivity contribution in [2.24, 2.45) is 11.8 Å². The maximum Gasteiger partial charge on any atom is 0.412 e. The normalized spacial score (nSPS) is 28.5. The number of methoxy groups -OCH3 is 1. The average molecular weight is 353 g/mol. The lowest BCUT2D eigenvalue weighted by atomic mass is 9.84. The third-order valence-electron chi connectivity index (χ3n) is 4.74. The van der Waals surface area contributed by atoms with Crippen LogP contribution in [0.4, 0.5) is 4.79 Å². The molecule has 25 heavy (non-hydrogen) atoms. The van der Waals surface area contributed by atoms with E-state index in [0.29, 0.717) is 25.2 Å². The molecule has 0 aromatic carbocycles. The molecule has 3 atom stereocenters. The van der Waals surface area contributed by atoms with Gasteiger partial charge < -0.3 is 28.6 Å². The maximum absolute atomic E-state index is 12.3. The van der Waals surface area contributed by atoms with E-state index in [-0.39, 0.29) is 18.4 Å². The van der Waals surface area contributed by atoms with Crippen LogP contribution in [0.5, 0.6) is 0 Å². The van der Waals surface area contributed by atoms with E-state index in [0.717, 1.165) is 5.57 Å². The first kappa shape index (κ1) is 17.8. The van der Waals surface area contributed by atoms with E-state index in [4.69, 9.17) is 23.7 Å². The molecule has 2 heterocycles. The number of allylic oxidation sites excluding steroid dienone is 1. The zero-order valence-electron chi connectivity index (χ0n) is 14.6. The Morgan fingerprint density at radius 3 is 2.72 bits per heavy atom. The highest BCUT2D eigenvalue weighted by atomic mass is 16.7. The molecule has 0 aromatic rings. The minimum atomic E-state index is -0.780. The highest BCUT2D eigenvalue weighted by Gasteiger charge is 2.45.